The van der Waals surface area contributed by atoms with Crippen LogP contribution in [0.25, 0.3) is 21.8 Å². The van der Waals surface area contributed by atoms with Crippen molar-refractivity contribution in [3.63, 3.8) is 0 Å². The van der Waals surface area contributed by atoms with E-state index in [1.807, 2.05) is 13.0 Å². The Labute approximate surface area is 144 Å². The van der Waals surface area contributed by atoms with Crippen molar-refractivity contribution >= 4 is 27.4 Å². The number of fused-ring (bicyclic) bond motifs is 1. The molecular weight excluding hydrogens is 327 g/mol. The lowest BCUT2D eigenvalue weighted by Gasteiger charge is -2.25. The van der Waals surface area contributed by atoms with Gasteiger partial charge in [0.25, 0.3) is 0 Å². The molecule has 2 N–H and O–H groups in total. The van der Waals surface area contributed by atoms with Gasteiger partial charge in [0, 0.05) is 18.0 Å². The highest BCUT2D eigenvalue weighted by Crippen LogP contribution is 2.31. The average Bonchev–Trinajstić information content (AvgIpc) is 3.13. The van der Waals surface area contributed by atoms with Crippen LogP contribution in [-0.4, -0.2) is 33.6 Å². The van der Waals surface area contributed by atoms with Crippen LogP contribution in [-0.2, 0) is 6.54 Å². The van der Waals surface area contributed by atoms with Gasteiger partial charge < -0.3 is 10.2 Å². The molecule has 0 amide bonds. The molecule has 0 saturated heterocycles. The van der Waals surface area contributed by atoms with E-state index in [0.717, 1.165) is 21.6 Å². The highest BCUT2D eigenvalue weighted by Gasteiger charge is 2.21. The van der Waals surface area contributed by atoms with Gasteiger partial charge in [-0.05, 0) is 38.6 Å². The monoisotopic (exact) mass is 348 g/mol. The fourth-order valence-corrected chi connectivity index (χ4v) is 3.70. The van der Waals surface area contributed by atoms with Crippen LogP contribution >= 0.6 is 11.3 Å². The summed E-state index contributed by atoms with van der Waals surface area (Å²) < 4.78 is 19.3. The number of rotatable bonds is 6. The predicted molar refractivity (Wildman–Crippen MR) is 95.7 cm³/mol. The van der Waals surface area contributed by atoms with Gasteiger partial charge in [0.1, 0.15) is 16.3 Å². The van der Waals surface area contributed by atoms with E-state index in [-0.39, 0.29) is 0 Å². The first kappa shape index (κ1) is 16.9. The van der Waals surface area contributed by atoms with Gasteiger partial charge in [-0.2, -0.15) is 0 Å². The zero-order valence-electron chi connectivity index (χ0n) is 14.0. The number of alkyl halides is 1. The van der Waals surface area contributed by atoms with E-state index in [1.165, 1.54) is 0 Å². The highest BCUT2D eigenvalue weighted by atomic mass is 32.1. The Bertz CT molecular complexity index is 823. The molecule has 0 unspecified atom stereocenters. The van der Waals surface area contributed by atoms with Crippen LogP contribution in [0.4, 0.5) is 10.2 Å². The summed E-state index contributed by atoms with van der Waals surface area (Å²) in [6.07, 6.45) is 1.58. The summed E-state index contributed by atoms with van der Waals surface area (Å²) >= 11 is 1.56. The molecule has 0 aliphatic carbocycles. The fourth-order valence-electron chi connectivity index (χ4n) is 2.62. The fraction of sp³-hybridized carbons (Fsp3) is 0.412. The molecule has 3 aromatic heterocycles. The highest BCUT2D eigenvalue weighted by molar-refractivity contribution is 7.18. The number of hydrogen-bond donors (Lipinski definition) is 1. The number of nitrogens with two attached hydrogens (primary N) is 1. The lowest BCUT2D eigenvalue weighted by Crippen LogP contribution is -2.35. The smallest absolute Gasteiger partial charge is 0.199 e. The molecule has 7 heteroatoms. The van der Waals surface area contributed by atoms with Crippen LogP contribution in [0.5, 0.6) is 0 Å². The third-order valence-corrected chi connectivity index (χ3v) is 4.65. The van der Waals surface area contributed by atoms with E-state index in [4.69, 9.17) is 10.2 Å². The summed E-state index contributed by atoms with van der Waals surface area (Å²) in [4.78, 5) is 12.9. The minimum atomic E-state index is -1.22. The Morgan fingerprint density at radius 1 is 1.38 bits per heavy atom. The molecule has 3 heterocycles. The maximum absolute atomic E-state index is 13.9. The Morgan fingerprint density at radius 2 is 2.17 bits per heavy atom. The van der Waals surface area contributed by atoms with Crippen molar-refractivity contribution in [3.05, 3.63) is 29.3 Å². The minimum absolute atomic E-state index is 0.385. The molecule has 3 rings (SSSR count). The molecule has 0 fully saturated rings. The van der Waals surface area contributed by atoms with Crippen LogP contribution in [0.15, 0.2) is 28.9 Å². The molecule has 0 radical (unpaired) electrons. The predicted octanol–water partition coefficient (Wildman–Crippen LogP) is 4.10. The summed E-state index contributed by atoms with van der Waals surface area (Å²) in [6, 6.07) is 5.59. The molecule has 0 aliphatic rings. The van der Waals surface area contributed by atoms with Crippen molar-refractivity contribution in [2.45, 2.75) is 33.0 Å². The van der Waals surface area contributed by atoms with Gasteiger partial charge in [-0.3, -0.25) is 4.90 Å². The Balaban J connectivity index is 1.89. The Kier molecular flexibility index (Phi) is 4.56. The molecule has 3 aromatic rings. The maximum atomic E-state index is 13.9. The van der Waals surface area contributed by atoms with E-state index in [1.54, 1.807) is 43.6 Å². The van der Waals surface area contributed by atoms with Crippen LogP contribution in [0.2, 0.25) is 0 Å². The van der Waals surface area contributed by atoms with Crippen LogP contribution in [0.3, 0.4) is 0 Å². The van der Waals surface area contributed by atoms with Gasteiger partial charge in [-0.1, -0.05) is 6.92 Å². The number of anilines is 1. The van der Waals surface area contributed by atoms with Gasteiger partial charge in [-0.15, -0.1) is 11.3 Å². The SMILES string of the molecule is CCN(Cc1cc2c(N)nc(-c3ccco3)nc2s1)CC(C)(C)F. The molecule has 0 aliphatic heterocycles. The van der Waals surface area contributed by atoms with Gasteiger partial charge in [0.15, 0.2) is 11.6 Å². The number of furan rings is 1. The number of halogens is 1. The number of hydrogen-bond acceptors (Lipinski definition) is 6. The van der Waals surface area contributed by atoms with Gasteiger partial charge in [-0.25, -0.2) is 14.4 Å². The lowest BCUT2D eigenvalue weighted by atomic mass is 10.1. The van der Waals surface area contributed by atoms with Crippen molar-refractivity contribution in [2.75, 3.05) is 18.8 Å². The third kappa shape index (κ3) is 3.73. The molecule has 0 spiro atoms. The molecule has 0 saturated carbocycles. The van der Waals surface area contributed by atoms with Crippen molar-refractivity contribution in [2.24, 2.45) is 0 Å². The molecule has 0 atom stereocenters. The molecule has 24 heavy (non-hydrogen) atoms. The van der Waals surface area contributed by atoms with Crippen LogP contribution in [0, 0.1) is 0 Å². The lowest BCUT2D eigenvalue weighted by molar-refractivity contribution is 0.125. The molecule has 5 nitrogen and oxygen atoms in total. The molecule has 0 bridgehead atoms. The van der Waals surface area contributed by atoms with E-state index < -0.39 is 5.67 Å². The molecule has 0 aromatic carbocycles. The van der Waals surface area contributed by atoms with Crippen LogP contribution < -0.4 is 5.73 Å². The first-order valence-corrected chi connectivity index (χ1v) is 8.68. The van der Waals surface area contributed by atoms with Gasteiger partial charge >= 0.3 is 0 Å². The van der Waals surface area contributed by atoms with E-state index in [2.05, 4.69) is 14.9 Å². The second kappa shape index (κ2) is 6.49. The van der Waals surface area contributed by atoms with Crippen molar-refractivity contribution in [3.8, 4) is 11.6 Å². The summed E-state index contributed by atoms with van der Waals surface area (Å²) in [5.41, 5.74) is 4.86. The summed E-state index contributed by atoms with van der Waals surface area (Å²) in [5.74, 6) is 1.51. The zero-order valence-corrected chi connectivity index (χ0v) is 14.9. The first-order chi connectivity index (χ1) is 11.4. The first-order valence-electron chi connectivity index (χ1n) is 7.87. The summed E-state index contributed by atoms with van der Waals surface area (Å²) in [7, 11) is 0. The third-order valence-electron chi connectivity index (χ3n) is 3.64. The largest absolute Gasteiger partial charge is 0.461 e. The second-order valence-electron chi connectivity index (χ2n) is 6.36. The van der Waals surface area contributed by atoms with Gasteiger partial charge in [0.05, 0.1) is 11.6 Å². The number of aromatic nitrogens is 2. The second-order valence-corrected chi connectivity index (χ2v) is 7.48. The zero-order chi connectivity index (χ0) is 17.3. The number of thiophene rings is 1. The van der Waals surface area contributed by atoms with Crippen LogP contribution in [0.1, 0.15) is 25.6 Å². The Hall–Kier alpha value is -1.99. The summed E-state index contributed by atoms with van der Waals surface area (Å²) in [5, 5.41) is 0.834. The van der Waals surface area contributed by atoms with Crippen molar-refractivity contribution in [1.82, 2.24) is 14.9 Å². The standard InChI is InChI=1S/C17H21FN4OS/c1-4-22(10-17(2,3)18)9-11-8-12-14(19)20-15(21-16(12)24-11)13-6-5-7-23-13/h5-8H,4,9-10H2,1-3H3,(H2,19,20,21). The topological polar surface area (TPSA) is 68.2 Å². The minimum Gasteiger partial charge on any atom is -0.461 e. The quantitative estimate of drug-likeness (QED) is 0.726. The number of nitrogen functional groups attached to an aromatic ring is 1. The van der Waals surface area contributed by atoms with Crippen molar-refractivity contribution in [1.29, 1.82) is 0 Å². The van der Waals surface area contributed by atoms with E-state index >= 15 is 0 Å². The average molecular weight is 348 g/mol. The maximum Gasteiger partial charge on any atom is 0.199 e. The van der Waals surface area contributed by atoms with Gasteiger partial charge in [0.2, 0.25) is 0 Å². The van der Waals surface area contributed by atoms with Crippen molar-refractivity contribution < 1.29 is 8.81 Å². The Morgan fingerprint density at radius 3 is 2.79 bits per heavy atom. The normalized spacial score (nSPS) is 12.4. The van der Waals surface area contributed by atoms with E-state index in [0.29, 0.717) is 30.5 Å². The molecule has 128 valence electrons. The van der Waals surface area contributed by atoms with E-state index in [9.17, 15) is 4.39 Å². The molecular formula is C17H21FN4OS. The number of nitrogens with zero attached hydrogens (tertiary/aromatic N) is 3. The summed E-state index contributed by atoms with van der Waals surface area (Å²) in [6.45, 7) is 7.05.